The summed E-state index contributed by atoms with van der Waals surface area (Å²) < 4.78 is 0. The van der Waals surface area contributed by atoms with E-state index in [0.717, 1.165) is 12.5 Å². The van der Waals surface area contributed by atoms with Gasteiger partial charge in [-0.3, -0.25) is 21.7 Å². The van der Waals surface area contributed by atoms with Crippen LogP contribution >= 0.6 is 0 Å². The van der Waals surface area contributed by atoms with Gasteiger partial charge in [0.25, 0.3) is 0 Å². The zero-order valence-corrected chi connectivity index (χ0v) is 5.72. The lowest BCUT2D eigenvalue weighted by molar-refractivity contribution is 0.310. The van der Waals surface area contributed by atoms with Crippen molar-refractivity contribution in [2.45, 2.75) is 24.5 Å². The number of hydrazine groups is 2. The van der Waals surface area contributed by atoms with E-state index in [0.29, 0.717) is 18.1 Å². The van der Waals surface area contributed by atoms with E-state index in [2.05, 4.69) is 21.7 Å². The standard InChI is InChI=1S/C6H12N4/c1-4-3-2-7-10-6(3)5(1)9-8-4/h3-10H,1-2H2/t3-,4+,5+,6+/m0/s1. The van der Waals surface area contributed by atoms with Gasteiger partial charge in [-0.05, 0) is 6.42 Å². The number of nitrogens with one attached hydrogen (secondary N) is 4. The third kappa shape index (κ3) is 0.509. The zero-order chi connectivity index (χ0) is 6.55. The summed E-state index contributed by atoms with van der Waals surface area (Å²) in [5, 5.41) is 0. The van der Waals surface area contributed by atoms with E-state index >= 15 is 0 Å². The van der Waals surface area contributed by atoms with Crippen LogP contribution in [-0.4, -0.2) is 24.7 Å². The molecule has 0 radical (unpaired) electrons. The molecule has 56 valence electrons. The minimum atomic E-state index is 0.657. The summed E-state index contributed by atoms with van der Waals surface area (Å²) in [5.74, 6) is 0.811. The minimum Gasteiger partial charge on any atom is -0.257 e. The highest BCUT2D eigenvalue weighted by molar-refractivity contribution is 5.08. The highest BCUT2D eigenvalue weighted by Gasteiger charge is 2.49. The molecule has 0 unspecified atom stereocenters. The van der Waals surface area contributed by atoms with Gasteiger partial charge in [0, 0.05) is 30.6 Å². The molecule has 2 saturated heterocycles. The van der Waals surface area contributed by atoms with E-state index in [4.69, 9.17) is 0 Å². The molecule has 4 heteroatoms. The molecule has 0 amide bonds. The molecule has 0 spiro atoms. The third-order valence-corrected chi connectivity index (χ3v) is 2.98. The Labute approximate surface area is 59.7 Å². The largest absolute Gasteiger partial charge is 0.257 e. The smallest absolute Gasteiger partial charge is 0.0436 e. The lowest BCUT2D eigenvalue weighted by Crippen LogP contribution is -2.53. The van der Waals surface area contributed by atoms with Gasteiger partial charge in [0.2, 0.25) is 0 Å². The monoisotopic (exact) mass is 140 g/mol. The van der Waals surface area contributed by atoms with Crippen LogP contribution in [0.25, 0.3) is 0 Å². The Kier molecular flexibility index (Phi) is 0.936. The molecule has 0 aromatic heterocycles. The first kappa shape index (κ1) is 5.49. The van der Waals surface area contributed by atoms with Gasteiger partial charge in [-0.25, -0.2) is 0 Å². The van der Waals surface area contributed by atoms with Gasteiger partial charge in [0.15, 0.2) is 0 Å². The second-order valence-corrected chi connectivity index (χ2v) is 3.45. The van der Waals surface area contributed by atoms with Crippen molar-refractivity contribution in [2.75, 3.05) is 6.54 Å². The lowest BCUT2D eigenvalue weighted by Gasteiger charge is -2.24. The zero-order valence-electron chi connectivity index (χ0n) is 5.72. The average Bonchev–Trinajstić information content (AvgIpc) is 2.60. The van der Waals surface area contributed by atoms with Gasteiger partial charge in [-0.15, -0.1) is 0 Å². The third-order valence-electron chi connectivity index (χ3n) is 2.98. The maximum absolute atomic E-state index is 3.30. The van der Waals surface area contributed by atoms with Crippen LogP contribution in [0.1, 0.15) is 6.42 Å². The van der Waals surface area contributed by atoms with Crippen molar-refractivity contribution >= 4 is 0 Å². The first-order valence-electron chi connectivity index (χ1n) is 3.94. The van der Waals surface area contributed by atoms with Crippen LogP contribution in [0.5, 0.6) is 0 Å². The first-order valence-corrected chi connectivity index (χ1v) is 3.94. The second-order valence-electron chi connectivity index (χ2n) is 3.45. The molecule has 0 aromatic rings. The van der Waals surface area contributed by atoms with E-state index in [9.17, 15) is 0 Å². The number of hydrogen-bond acceptors (Lipinski definition) is 4. The molecule has 0 aromatic carbocycles. The van der Waals surface area contributed by atoms with Crippen LogP contribution in [0.4, 0.5) is 0 Å². The SMILES string of the molecule is C1NN[C@@H]2[C@@H]1[C@H]1C[C@H]2NN1. The van der Waals surface area contributed by atoms with Crippen molar-refractivity contribution in [3.63, 3.8) is 0 Å². The van der Waals surface area contributed by atoms with Gasteiger partial charge < -0.3 is 0 Å². The van der Waals surface area contributed by atoms with E-state index < -0.39 is 0 Å². The Morgan fingerprint density at radius 3 is 2.80 bits per heavy atom. The van der Waals surface area contributed by atoms with Crippen molar-refractivity contribution in [1.82, 2.24) is 21.7 Å². The van der Waals surface area contributed by atoms with E-state index in [1.165, 1.54) is 6.42 Å². The number of rotatable bonds is 0. The van der Waals surface area contributed by atoms with Gasteiger partial charge in [0.1, 0.15) is 0 Å². The molecule has 1 aliphatic carbocycles. The number of fused-ring (bicyclic) bond motifs is 5. The van der Waals surface area contributed by atoms with Gasteiger partial charge >= 0.3 is 0 Å². The molecule has 3 rings (SSSR count). The van der Waals surface area contributed by atoms with Crippen LogP contribution < -0.4 is 21.7 Å². The van der Waals surface area contributed by atoms with Crippen molar-refractivity contribution in [3.05, 3.63) is 0 Å². The summed E-state index contributed by atoms with van der Waals surface area (Å²) in [6.07, 6.45) is 1.30. The number of hydrogen-bond donors (Lipinski definition) is 4. The molecular formula is C6H12N4. The molecular weight excluding hydrogens is 128 g/mol. The van der Waals surface area contributed by atoms with Crippen LogP contribution in [0.2, 0.25) is 0 Å². The Morgan fingerprint density at radius 1 is 1.00 bits per heavy atom. The molecule has 4 nitrogen and oxygen atoms in total. The van der Waals surface area contributed by atoms with Crippen LogP contribution in [0.3, 0.4) is 0 Å². The Balaban J connectivity index is 1.92. The van der Waals surface area contributed by atoms with E-state index in [-0.39, 0.29) is 0 Å². The second kappa shape index (κ2) is 1.71. The van der Waals surface area contributed by atoms with E-state index in [1.807, 2.05) is 0 Å². The molecule has 1 saturated carbocycles. The molecule has 2 aliphatic heterocycles. The summed E-state index contributed by atoms with van der Waals surface area (Å²) >= 11 is 0. The van der Waals surface area contributed by atoms with Gasteiger partial charge in [-0.2, -0.15) is 0 Å². The summed E-state index contributed by atoms with van der Waals surface area (Å²) in [7, 11) is 0. The van der Waals surface area contributed by atoms with Crippen molar-refractivity contribution < 1.29 is 0 Å². The molecule has 4 atom stereocenters. The molecule has 3 aliphatic rings. The Morgan fingerprint density at radius 2 is 1.90 bits per heavy atom. The normalized spacial score (nSPS) is 57.6. The molecule has 2 heterocycles. The lowest BCUT2D eigenvalue weighted by atomic mass is 10.0. The van der Waals surface area contributed by atoms with E-state index in [1.54, 1.807) is 0 Å². The predicted molar refractivity (Wildman–Crippen MR) is 36.9 cm³/mol. The molecule has 10 heavy (non-hydrogen) atoms. The molecule has 3 fully saturated rings. The fourth-order valence-corrected chi connectivity index (χ4v) is 2.44. The Hall–Kier alpha value is -0.160. The van der Waals surface area contributed by atoms with Gasteiger partial charge in [0.05, 0.1) is 0 Å². The van der Waals surface area contributed by atoms with Crippen LogP contribution in [0.15, 0.2) is 0 Å². The summed E-state index contributed by atoms with van der Waals surface area (Å²) in [6.45, 7) is 1.13. The van der Waals surface area contributed by atoms with Crippen molar-refractivity contribution in [1.29, 1.82) is 0 Å². The first-order chi connectivity index (χ1) is 4.95. The van der Waals surface area contributed by atoms with Crippen LogP contribution in [-0.2, 0) is 0 Å². The fourth-order valence-electron chi connectivity index (χ4n) is 2.44. The highest BCUT2D eigenvalue weighted by Crippen LogP contribution is 2.31. The average molecular weight is 140 g/mol. The maximum atomic E-state index is 3.30. The summed E-state index contributed by atoms with van der Waals surface area (Å²) in [5.41, 5.74) is 13.1. The topological polar surface area (TPSA) is 48.1 Å². The predicted octanol–water partition coefficient (Wildman–Crippen LogP) is -1.67. The summed E-state index contributed by atoms with van der Waals surface area (Å²) in [6, 6.07) is 2.04. The maximum Gasteiger partial charge on any atom is 0.0436 e. The molecule has 4 N–H and O–H groups in total. The molecule has 2 bridgehead atoms. The minimum absolute atomic E-state index is 0.657. The van der Waals surface area contributed by atoms with Gasteiger partial charge in [-0.1, -0.05) is 0 Å². The Bertz CT molecular complexity index is 144. The van der Waals surface area contributed by atoms with Crippen molar-refractivity contribution in [2.24, 2.45) is 5.92 Å². The summed E-state index contributed by atoms with van der Waals surface area (Å²) in [4.78, 5) is 0. The highest BCUT2D eigenvalue weighted by atomic mass is 15.5. The quantitative estimate of drug-likeness (QED) is 0.325. The fraction of sp³-hybridized carbons (Fsp3) is 1.00. The van der Waals surface area contributed by atoms with Crippen LogP contribution in [0, 0.1) is 5.92 Å². The van der Waals surface area contributed by atoms with Crippen molar-refractivity contribution in [3.8, 4) is 0 Å².